The van der Waals surface area contributed by atoms with E-state index in [9.17, 15) is 42.2 Å². The van der Waals surface area contributed by atoms with Gasteiger partial charge in [-0.05, 0) is 102 Å². The Balaban J connectivity index is 1.49. The van der Waals surface area contributed by atoms with Gasteiger partial charge in [0.1, 0.15) is 47.6 Å². The van der Waals surface area contributed by atoms with E-state index < -0.39 is 124 Å². The Morgan fingerprint density at radius 2 is 1.78 bits per heavy atom. The molecular weight excluding hydrogens is 1010 g/mol. The van der Waals surface area contributed by atoms with Crippen LogP contribution >= 0.6 is 0 Å². The number of benzene rings is 1. The summed E-state index contributed by atoms with van der Waals surface area (Å²) < 4.78 is 70.7. The van der Waals surface area contributed by atoms with E-state index in [-0.39, 0.29) is 62.7 Å². The molecule has 1 aromatic heterocycles. The number of likely N-dealkylation sites (N-methyl/N-ethyl adjacent to an activating group) is 1. The van der Waals surface area contributed by atoms with Gasteiger partial charge in [0.25, 0.3) is 0 Å². The van der Waals surface area contributed by atoms with Gasteiger partial charge in [0.2, 0.25) is 11.8 Å². The molecule has 0 aliphatic carbocycles. The second kappa shape index (κ2) is 26.9. The summed E-state index contributed by atoms with van der Waals surface area (Å²) >= 11 is 0. The quantitative estimate of drug-likeness (QED) is 0.0688. The van der Waals surface area contributed by atoms with E-state index >= 15 is 0 Å². The average molecular weight is 1090 g/mol. The summed E-state index contributed by atoms with van der Waals surface area (Å²) in [4.78, 5) is 71.3. The highest BCUT2D eigenvalue weighted by atomic mass is 32.2. The molecule has 0 saturated carbocycles. The van der Waals surface area contributed by atoms with Gasteiger partial charge in [0.15, 0.2) is 28.5 Å². The molecule has 76 heavy (non-hydrogen) atoms. The first-order chi connectivity index (χ1) is 35.7. The van der Waals surface area contributed by atoms with E-state index in [1.165, 1.54) is 32.9 Å². The van der Waals surface area contributed by atoms with Crippen LogP contribution in [0.2, 0.25) is 0 Å². The third-order valence-electron chi connectivity index (χ3n) is 14.4. The number of cyclic esters (lactones) is 1. The standard InChI is InChI=1S/C54H77FN6O14S/c1-12-43-54(9,67)50-33(4)46(57-36(7)62)31(2)27-53(8,71-30-40(29-70-50)60-72-24-14-16-38-15-13-17-44(56)58-38)49(34(5)47(64)35(6)51(66)74-43)75-52-48(65)42(25-32(3)73-52)61(10)23-22-45(63)59-39(28-55)26-37-18-20-41(21-19-37)76(11,68)69/h13,15,17-21,31-35,39,42-43,48-50,52,65,67H,12,22-30H2,1-11H3,(H2,56,58)(H,59,63)/b57-46?,60-40+/t31-,32-,33+,34+,35-,39+,42+,43-,48-,49-,50?,52-,53?,54?/m1/s1. The minimum atomic E-state index is -3.42. The van der Waals surface area contributed by atoms with Gasteiger partial charge in [-0.3, -0.25) is 19.2 Å². The lowest BCUT2D eigenvalue weighted by atomic mass is 9.73. The number of rotatable bonds is 14. The van der Waals surface area contributed by atoms with Crippen molar-refractivity contribution in [3.63, 3.8) is 0 Å². The van der Waals surface area contributed by atoms with Crippen LogP contribution in [0.5, 0.6) is 0 Å². The maximum absolute atomic E-state index is 14.8. The second-order valence-electron chi connectivity index (χ2n) is 20.9. The van der Waals surface area contributed by atoms with Crippen LogP contribution in [-0.4, -0.2) is 170 Å². The van der Waals surface area contributed by atoms with Gasteiger partial charge in [-0.1, -0.05) is 57.0 Å². The van der Waals surface area contributed by atoms with Crippen LogP contribution in [0.4, 0.5) is 10.2 Å². The number of sulfone groups is 1. The first-order valence-electron chi connectivity index (χ1n) is 25.7. The number of nitrogens with one attached hydrogen (secondary N) is 1. The minimum absolute atomic E-state index is 0.0199. The van der Waals surface area contributed by atoms with Crippen molar-refractivity contribution < 1.29 is 70.7 Å². The Morgan fingerprint density at radius 3 is 2.41 bits per heavy atom. The number of halogens is 1. The topological polar surface area (TPSA) is 277 Å². The van der Waals surface area contributed by atoms with Crippen molar-refractivity contribution in [2.45, 2.75) is 159 Å². The van der Waals surface area contributed by atoms with Crippen molar-refractivity contribution in [1.82, 2.24) is 15.2 Å². The maximum atomic E-state index is 14.8. The Labute approximate surface area is 445 Å². The van der Waals surface area contributed by atoms with Crippen molar-refractivity contribution in [3.05, 3.63) is 53.7 Å². The van der Waals surface area contributed by atoms with Crippen molar-refractivity contribution >= 4 is 50.6 Å². The fourth-order valence-corrected chi connectivity index (χ4v) is 11.0. The molecule has 14 atom stereocenters. The summed E-state index contributed by atoms with van der Waals surface area (Å²) in [5, 5.41) is 31.8. The van der Waals surface area contributed by atoms with Gasteiger partial charge < -0.3 is 54.7 Å². The molecule has 2 aromatic rings. The van der Waals surface area contributed by atoms with Gasteiger partial charge in [-0.2, -0.15) is 0 Å². The molecule has 4 heterocycles. The number of fused-ring (bicyclic) bond motifs is 5. The Kier molecular flexibility index (Phi) is 21.8. The van der Waals surface area contributed by atoms with Gasteiger partial charge in [-0.25, -0.2) is 22.8 Å². The number of pyridine rings is 1. The number of nitrogens with zero attached hydrogens (tertiary/aromatic N) is 4. The summed E-state index contributed by atoms with van der Waals surface area (Å²) in [5.74, 6) is -0.469. The molecule has 0 radical (unpaired) electrons. The van der Waals surface area contributed by atoms with Crippen LogP contribution in [0.15, 0.2) is 57.5 Å². The number of carbonyl (C=O) groups is 4. The number of amides is 2. The zero-order valence-electron chi connectivity index (χ0n) is 45.5. The predicted octanol–water partition coefficient (Wildman–Crippen LogP) is 3.81. The third-order valence-corrected chi connectivity index (χ3v) is 15.5. The smallest absolute Gasteiger partial charge is 0.316 e. The summed E-state index contributed by atoms with van der Waals surface area (Å²) in [5.41, 5.74) is 3.89. The molecule has 3 saturated heterocycles. The van der Waals surface area contributed by atoms with E-state index in [2.05, 4.69) is 32.3 Å². The highest BCUT2D eigenvalue weighted by Gasteiger charge is 2.53. The summed E-state index contributed by atoms with van der Waals surface area (Å²) in [7, 11) is -1.70. The first-order valence-corrected chi connectivity index (χ1v) is 27.6. The zero-order chi connectivity index (χ0) is 56.3. The second-order valence-corrected chi connectivity index (χ2v) is 22.9. The Morgan fingerprint density at radius 1 is 1.08 bits per heavy atom. The van der Waals surface area contributed by atoms with E-state index in [1.54, 1.807) is 76.9 Å². The molecule has 5 rings (SSSR count). The number of esters is 1. The number of aromatic nitrogens is 1. The van der Waals surface area contributed by atoms with E-state index in [4.69, 9.17) is 34.3 Å². The number of carbonyl (C=O) groups excluding carboxylic acids is 4. The molecule has 3 aliphatic rings. The molecule has 420 valence electrons. The molecule has 2 amide bonds. The van der Waals surface area contributed by atoms with Crippen molar-refractivity contribution in [3.8, 4) is 11.8 Å². The highest BCUT2D eigenvalue weighted by molar-refractivity contribution is 7.90. The third kappa shape index (κ3) is 16.2. The van der Waals surface area contributed by atoms with Crippen molar-refractivity contribution in [1.29, 1.82) is 0 Å². The van der Waals surface area contributed by atoms with Crippen molar-refractivity contribution in [2.24, 2.45) is 33.8 Å². The Bertz CT molecular complexity index is 2590. The van der Waals surface area contributed by atoms with E-state index in [1.807, 2.05) is 6.92 Å². The molecule has 22 heteroatoms. The van der Waals surface area contributed by atoms with E-state index in [0.29, 0.717) is 29.2 Å². The Hall–Kier alpha value is -5.25. The number of alkyl halides is 1. The molecule has 3 aliphatic heterocycles. The summed E-state index contributed by atoms with van der Waals surface area (Å²) in [6.07, 6.45) is -5.47. The average Bonchev–Trinajstić information content (AvgIpc) is 3.37. The van der Waals surface area contributed by atoms with Gasteiger partial charge >= 0.3 is 5.97 Å². The van der Waals surface area contributed by atoms with Gasteiger partial charge in [0, 0.05) is 49.7 Å². The van der Waals surface area contributed by atoms with Crippen LogP contribution in [0.25, 0.3) is 0 Å². The number of nitrogen functional groups attached to an aromatic ring is 1. The lowest BCUT2D eigenvalue weighted by molar-refractivity contribution is -0.296. The minimum Gasteiger partial charge on any atom is -0.459 e. The molecule has 3 fully saturated rings. The number of Topliss-reactive ketones (excluding diaryl/α,β-unsaturated/α-hetero) is 1. The molecule has 2 bridgehead atoms. The number of ether oxygens (including phenoxy) is 5. The van der Waals surface area contributed by atoms with Crippen molar-refractivity contribution in [2.75, 3.05) is 52.1 Å². The number of hydrogen-bond donors (Lipinski definition) is 4. The number of oxime groups is 1. The molecule has 0 spiro atoms. The van der Waals surface area contributed by atoms with E-state index in [0.717, 1.165) is 6.26 Å². The predicted molar refractivity (Wildman–Crippen MR) is 280 cm³/mol. The fourth-order valence-electron chi connectivity index (χ4n) is 10.4. The number of aliphatic hydroxyl groups is 2. The largest absolute Gasteiger partial charge is 0.459 e. The lowest BCUT2D eigenvalue weighted by Gasteiger charge is -2.48. The number of aliphatic imine (C=N–C) groups is 1. The number of anilines is 1. The lowest BCUT2D eigenvalue weighted by Crippen LogP contribution is -2.60. The number of aliphatic hydroxyl groups excluding tert-OH is 1. The van der Waals surface area contributed by atoms with Crippen LogP contribution in [0, 0.1) is 35.5 Å². The molecule has 5 N–H and O–H groups in total. The first kappa shape index (κ1) is 61.6. The normalized spacial score (nSPS) is 32.5. The van der Waals surface area contributed by atoms with Crippen LogP contribution in [-0.2, 0) is 64.0 Å². The monoisotopic (exact) mass is 1080 g/mol. The molecule has 20 nitrogen and oxygen atoms in total. The zero-order valence-corrected chi connectivity index (χ0v) is 46.3. The summed E-state index contributed by atoms with van der Waals surface area (Å²) in [6.45, 7) is 13.0. The highest BCUT2D eigenvalue weighted by Crippen LogP contribution is 2.40. The number of ketones is 1. The van der Waals surface area contributed by atoms with Gasteiger partial charge in [0.05, 0.1) is 48.1 Å². The maximum Gasteiger partial charge on any atom is 0.316 e. The van der Waals surface area contributed by atoms with Crippen LogP contribution in [0.1, 0.15) is 99.3 Å². The SMILES string of the molecule is CC[C@H]1OC(=O)[C@H](C)C(=O)[C@H](C)[C@@H](O[C@H]2O[C@H](C)C[C@H](N(C)CCC(=O)N[C@H](CF)Cc3ccc(S(C)(=O)=O)cc3)[C@H]2O)C2(C)C[C@@H](C)C(=NC(C)=O)[C@H](C)C(OC/C(=N\OCC#Cc3cccc(N)n3)CO2)C1(C)O. The van der Waals surface area contributed by atoms with Crippen LogP contribution < -0.4 is 11.1 Å². The molecular formula is C54H77FN6O14S. The number of nitrogens with two attached hydrogens (primary N) is 1. The fraction of sp³-hybridized carbons (Fsp3) is 0.648. The van der Waals surface area contributed by atoms with Crippen LogP contribution in [0.3, 0.4) is 0 Å². The molecule has 1 aromatic carbocycles. The summed E-state index contributed by atoms with van der Waals surface area (Å²) in [6, 6.07) is 9.51. The number of hydrogen-bond acceptors (Lipinski definition) is 18. The molecule has 3 unspecified atom stereocenters. The van der Waals surface area contributed by atoms with Gasteiger partial charge in [-0.15, -0.1) is 0 Å².